The summed E-state index contributed by atoms with van der Waals surface area (Å²) in [5, 5.41) is 14.4. The van der Waals surface area contributed by atoms with E-state index in [1.165, 1.54) is 4.90 Å². The fourth-order valence-electron chi connectivity index (χ4n) is 3.75. The van der Waals surface area contributed by atoms with Crippen LogP contribution in [0.1, 0.15) is 23.5 Å². The first-order valence-electron chi connectivity index (χ1n) is 9.87. The smallest absolute Gasteiger partial charge is 0.408 e. The minimum atomic E-state index is -1.10. The number of carboxylic acid groups (broad SMARTS) is 1. The average Bonchev–Trinajstić information content (AvgIpc) is 3.42. The molecule has 9 heteroatoms. The summed E-state index contributed by atoms with van der Waals surface area (Å²) in [5.74, 6) is -0.318. The Labute approximate surface area is 178 Å². The van der Waals surface area contributed by atoms with Gasteiger partial charge in [-0.2, -0.15) is 0 Å². The second-order valence-corrected chi connectivity index (χ2v) is 8.37. The molecular formula is C21H24N4O4S. The molecule has 0 spiro atoms. The molecule has 30 heavy (non-hydrogen) atoms. The van der Waals surface area contributed by atoms with E-state index in [0.717, 1.165) is 10.4 Å². The van der Waals surface area contributed by atoms with Crippen LogP contribution in [0.25, 0.3) is 0 Å². The predicted molar refractivity (Wildman–Crippen MR) is 113 cm³/mol. The van der Waals surface area contributed by atoms with Gasteiger partial charge in [-0.3, -0.25) is 9.69 Å². The lowest BCUT2D eigenvalue weighted by Gasteiger charge is -2.39. The van der Waals surface area contributed by atoms with Crippen LogP contribution >= 0.6 is 11.3 Å². The van der Waals surface area contributed by atoms with Crippen LogP contribution in [0.2, 0.25) is 0 Å². The van der Waals surface area contributed by atoms with Crippen molar-refractivity contribution in [3.8, 4) is 0 Å². The summed E-state index contributed by atoms with van der Waals surface area (Å²) in [6.07, 6.45) is -1.29. The van der Waals surface area contributed by atoms with Crippen molar-refractivity contribution in [2.75, 3.05) is 19.6 Å². The third kappa shape index (κ3) is 4.25. The van der Waals surface area contributed by atoms with Gasteiger partial charge in [0.2, 0.25) is 5.91 Å². The number of nitrogens with zero attached hydrogens (tertiary/aromatic N) is 3. The van der Waals surface area contributed by atoms with Crippen LogP contribution in [-0.4, -0.2) is 64.6 Å². The van der Waals surface area contributed by atoms with Crippen molar-refractivity contribution in [3.05, 3.63) is 58.3 Å². The monoisotopic (exact) mass is 428 g/mol. The van der Waals surface area contributed by atoms with E-state index in [1.807, 2.05) is 59.7 Å². The lowest BCUT2D eigenvalue weighted by atomic mass is 10.0. The van der Waals surface area contributed by atoms with E-state index in [-0.39, 0.29) is 31.1 Å². The first kappa shape index (κ1) is 20.2. The first-order chi connectivity index (χ1) is 14.5. The number of carbonyl (C=O) groups excluding carboxylic acids is 1. The molecule has 4 rings (SSSR count). The van der Waals surface area contributed by atoms with Gasteiger partial charge < -0.3 is 20.1 Å². The number of carbonyl (C=O) groups is 2. The quantitative estimate of drug-likeness (QED) is 0.781. The maximum Gasteiger partial charge on any atom is 0.408 e. The van der Waals surface area contributed by atoms with E-state index in [9.17, 15) is 14.7 Å². The van der Waals surface area contributed by atoms with Crippen molar-refractivity contribution >= 4 is 29.4 Å². The Kier molecular flexibility index (Phi) is 5.89. The highest BCUT2D eigenvalue weighted by molar-refractivity contribution is 7.09. The molecule has 3 atom stereocenters. The van der Waals surface area contributed by atoms with E-state index in [1.54, 1.807) is 11.3 Å². The standard InChI is InChI=1S/C21H24N4O4S/c1-14-18(15-6-3-2-4-7-15)29-20(23-14)24-9-10-25(21(27)28)17(13-24)19(26)22-12-16-8-5-11-30-16/h2-8,11,14,17-18H,9-10,12-13H2,1H3,(H,22,26)(H,27,28)/t14-,17?,18+/m0/s1. The Hall–Kier alpha value is -3.07. The van der Waals surface area contributed by atoms with Crippen LogP contribution in [0.3, 0.4) is 0 Å². The number of amidine groups is 1. The zero-order chi connectivity index (χ0) is 21.1. The highest BCUT2D eigenvalue weighted by atomic mass is 32.1. The number of aliphatic imine (C=N–C) groups is 1. The first-order valence-corrected chi connectivity index (χ1v) is 10.7. The summed E-state index contributed by atoms with van der Waals surface area (Å²) in [6, 6.07) is 13.3. The van der Waals surface area contributed by atoms with Crippen LogP contribution in [-0.2, 0) is 16.1 Å². The molecule has 2 amide bonds. The van der Waals surface area contributed by atoms with E-state index in [0.29, 0.717) is 19.1 Å². The molecular weight excluding hydrogens is 404 g/mol. The van der Waals surface area contributed by atoms with E-state index >= 15 is 0 Å². The fraction of sp³-hybridized carbons (Fsp3) is 0.381. The number of rotatable bonds is 4. The van der Waals surface area contributed by atoms with Gasteiger partial charge in [0, 0.05) is 18.0 Å². The molecule has 1 fully saturated rings. The molecule has 3 heterocycles. The maximum absolute atomic E-state index is 12.8. The SMILES string of the molecule is C[C@@H]1N=C(N2CCN(C(=O)O)C(C(=O)NCc3cccs3)C2)O[C@H]1c1ccccc1. The Balaban J connectivity index is 1.44. The number of ether oxygens (including phenoxy) is 1. The second kappa shape index (κ2) is 8.74. The summed E-state index contributed by atoms with van der Waals surface area (Å²) in [4.78, 5) is 33.2. The number of nitrogens with one attached hydrogen (secondary N) is 1. The third-order valence-corrected chi connectivity index (χ3v) is 6.21. The maximum atomic E-state index is 12.8. The summed E-state index contributed by atoms with van der Waals surface area (Å²) in [6.45, 7) is 3.21. The summed E-state index contributed by atoms with van der Waals surface area (Å²) >= 11 is 1.54. The highest BCUT2D eigenvalue weighted by Crippen LogP contribution is 2.30. The number of hydrogen-bond acceptors (Lipinski definition) is 6. The van der Waals surface area contributed by atoms with Crippen LogP contribution < -0.4 is 5.32 Å². The lowest BCUT2D eigenvalue weighted by molar-refractivity contribution is -0.127. The molecule has 0 aliphatic carbocycles. The molecule has 2 aromatic rings. The Morgan fingerprint density at radius 3 is 2.73 bits per heavy atom. The molecule has 158 valence electrons. The Morgan fingerprint density at radius 1 is 1.23 bits per heavy atom. The molecule has 2 aliphatic rings. The van der Waals surface area contributed by atoms with Crippen LogP contribution in [0.4, 0.5) is 4.79 Å². The minimum Gasteiger partial charge on any atom is -0.465 e. The minimum absolute atomic E-state index is 0.0639. The van der Waals surface area contributed by atoms with Crippen molar-refractivity contribution in [2.24, 2.45) is 4.99 Å². The number of hydrogen-bond donors (Lipinski definition) is 2. The molecule has 1 unspecified atom stereocenters. The molecule has 0 bridgehead atoms. The van der Waals surface area contributed by atoms with Crippen LogP contribution in [0.15, 0.2) is 52.8 Å². The largest absolute Gasteiger partial charge is 0.465 e. The topological polar surface area (TPSA) is 94.5 Å². The summed E-state index contributed by atoms with van der Waals surface area (Å²) in [7, 11) is 0. The number of amides is 2. The third-order valence-electron chi connectivity index (χ3n) is 5.33. The number of piperazine rings is 1. The molecule has 1 aromatic carbocycles. The van der Waals surface area contributed by atoms with E-state index in [4.69, 9.17) is 4.74 Å². The zero-order valence-corrected chi connectivity index (χ0v) is 17.4. The predicted octanol–water partition coefficient (Wildman–Crippen LogP) is 2.54. The summed E-state index contributed by atoms with van der Waals surface area (Å²) in [5.41, 5.74) is 1.04. The van der Waals surface area contributed by atoms with Gasteiger partial charge in [-0.15, -0.1) is 11.3 Å². The highest BCUT2D eigenvalue weighted by Gasteiger charge is 2.39. The lowest BCUT2D eigenvalue weighted by Crippen LogP contribution is -2.61. The van der Waals surface area contributed by atoms with Crippen LogP contribution in [0.5, 0.6) is 0 Å². The van der Waals surface area contributed by atoms with Crippen LogP contribution in [0, 0.1) is 0 Å². The van der Waals surface area contributed by atoms with Gasteiger partial charge in [-0.25, -0.2) is 9.79 Å². The zero-order valence-electron chi connectivity index (χ0n) is 16.6. The molecule has 1 saturated heterocycles. The summed E-state index contributed by atoms with van der Waals surface area (Å²) < 4.78 is 6.12. The van der Waals surface area contributed by atoms with Gasteiger partial charge in [-0.05, 0) is 23.9 Å². The van der Waals surface area contributed by atoms with Crippen molar-refractivity contribution in [1.82, 2.24) is 15.1 Å². The van der Waals surface area contributed by atoms with Gasteiger partial charge in [0.15, 0.2) is 0 Å². The molecule has 0 saturated carbocycles. The number of thiophene rings is 1. The van der Waals surface area contributed by atoms with E-state index < -0.39 is 12.1 Å². The Morgan fingerprint density at radius 2 is 2.03 bits per heavy atom. The van der Waals surface area contributed by atoms with Gasteiger partial charge >= 0.3 is 6.09 Å². The van der Waals surface area contributed by atoms with Crippen molar-refractivity contribution in [2.45, 2.75) is 31.7 Å². The Bertz CT molecular complexity index is 918. The second-order valence-electron chi connectivity index (χ2n) is 7.34. The molecule has 2 aliphatic heterocycles. The van der Waals surface area contributed by atoms with Gasteiger partial charge in [0.1, 0.15) is 12.1 Å². The molecule has 2 N–H and O–H groups in total. The van der Waals surface area contributed by atoms with Gasteiger partial charge in [-0.1, -0.05) is 36.4 Å². The van der Waals surface area contributed by atoms with E-state index in [2.05, 4.69) is 10.3 Å². The molecule has 0 radical (unpaired) electrons. The van der Waals surface area contributed by atoms with Crippen molar-refractivity contribution in [1.29, 1.82) is 0 Å². The van der Waals surface area contributed by atoms with Crippen molar-refractivity contribution in [3.63, 3.8) is 0 Å². The van der Waals surface area contributed by atoms with Crippen molar-refractivity contribution < 1.29 is 19.4 Å². The average molecular weight is 429 g/mol. The number of benzene rings is 1. The van der Waals surface area contributed by atoms with Gasteiger partial charge in [0.05, 0.1) is 19.1 Å². The molecule has 8 nitrogen and oxygen atoms in total. The fourth-order valence-corrected chi connectivity index (χ4v) is 4.39. The normalized spacial score (nSPS) is 23.6. The van der Waals surface area contributed by atoms with Gasteiger partial charge in [0.25, 0.3) is 6.02 Å². The molecule has 1 aromatic heterocycles.